The van der Waals surface area contributed by atoms with Crippen molar-refractivity contribution in [2.24, 2.45) is 0 Å². The summed E-state index contributed by atoms with van der Waals surface area (Å²) >= 11 is 4.28. The van der Waals surface area contributed by atoms with E-state index in [4.69, 9.17) is 4.98 Å². The van der Waals surface area contributed by atoms with Crippen LogP contribution in [0.2, 0.25) is 0 Å². The molecule has 0 saturated heterocycles. The minimum Gasteiger partial charge on any atom is -0.328 e. The van der Waals surface area contributed by atoms with Crippen LogP contribution in [0, 0.1) is 0 Å². The van der Waals surface area contributed by atoms with Gasteiger partial charge < -0.3 is 4.57 Å². The summed E-state index contributed by atoms with van der Waals surface area (Å²) in [4.78, 5) is 4.69. The van der Waals surface area contributed by atoms with E-state index in [0.29, 0.717) is 0 Å². The van der Waals surface area contributed by atoms with E-state index < -0.39 is 0 Å². The van der Waals surface area contributed by atoms with Crippen LogP contribution >= 0.6 is 12.6 Å². The SMILES string of the molecule is CCCc1nc2ccccc2n1CCCS. The van der Waals surface area contributed by atoms with Crippen LogP contribution in [0.5, 0.6) is 0 Å². The van der Waals surface area contributed by atoms with Gasteiger partial charge in [-0.3, -0.25) is 0 Å². The van der Waals surface area contributed by atoms with Crippen LogP contribution in [-0.2, 0) is 13.0 Å². The Bertz CT molecular complexity index is 462. The van der Waals surface area contributed by atoms with E-state index in [2.05, 4.69) is 42.3 Å². The van der Waals surface area contributed by atoms with Gasteiger partial charge in [-0.25, -0.2) is 4.98 Å². The molecule has 1 aromatic heterocycles. The van der Waals surface area contributed by atoms with Gasteiger partial charge in [-0.1, -0.05) is 19.1 Å². The summed E-state index contributed by atoms with van der Waals surface area (Å²) in [6, 6.07) is 8.37. The molecule has 2 rings (SSSR count). The zero-order valence-electron chi connectivity index (χ0n) is 9.69. The largest absolute Gasteiger partial charge is 0.328 e. The Kier molecular flexibility index (Phi) is 3.88. The molecule has 1 heterocycles. The second-order valence-corrected chi connectivity index (χ2v) is 4.44. The Morgan fingerprint density at radius 1 is 1.31 bits per heavy atom. The van der Waals surface area contributed by atoms with Crippen molar-refractivity contribution in [3.05, 3.63) is 30.1 Å². The van der Waals surface area contributed by atoms with E-state index in [-0.39, 0.29) is 0 Å². The van der Waals surface area contributed by atoms with Crippen molar-refractivity contribution in [3.63, 3.8) is 0 Å². The molecule has 0 saturated carbocycles. The van der Waals surface area contributed by atoms with Crippen LogP contribution in [0.4, 0.5) is 0 Å². The predicted octanol–water partition coefficient (Wildman–Crippen LogP) is 3.31. The van der Waals surface area contributed by atoms with Crippen LogP contribution in [0.15, 0.2) is 24.3 Å². The minimum atomic E-state index is 0.929. The first-order valence-electron chi connectivity index (χ1n) is 5.91. The van der Waals surface area contributed by atoms with Crippen LogP contribution < -0.4 is 0 Å². The number of aromatic nitrogens is 2. The normalized spacial score (nSPS) is 11.1. The molecule has 2 nitrogen and oxygen atoms in total. The van der Waals surface area contributed by atoms with Crippen LogP contribution in [0.1, 0.15) is 25.6 Å². The molecule has 0 radical (unpaired) electrons. The lowest BCUT2D eigenvalue weighted by molar-refractivity contribution is 0.650. The first-order valence-corrected chi connectivity index (χ1v) is 6.55. The highest BCUT2D eigenvalue weighted by Gasteiger charge is 2.08. The van der Waals surface area contributed by atoms with Gasteiger partial charge >= 0.3 is 0 Å². The molecule has 0 amide bonds. The highest BCUT2D eigenvalue weighted by atomic mass is 32.1. The minimum absolute atomic E-state index is 0.929. The third kappa shape index (κ3) is 2.24. The first kappa shape index (κ1) is 11.5. The van der Waals surface area contributed by atoms with E-state index in [0.717, 1.165) is 37.1 Å². The van der Waals surface area contributed by atoms with Crippen LogP contribution in [-0.4, -0.2) is 15.3 Å². The molecular weight excluding hydrogens is 216 g/mol. The molecule has 0 spiro atoms. The highest BCUT2D eigenvalue weighted by Crippen LogP contribution is 2.17. The van der Waals surface area contributed by atoms with Gasteiger partial charge in [0.15, 0.2) is 0 Å². The van der Waals surface area contributed by atoms with Gasteiger partial charge in [0, 0.05) is 13.0 Å². The Morgan fingerprint density at radius 2 is 2.12 bits per heavy atom. The van der Waals surface area contributed by atoms with Crippen molar-refractivity contribution in [2.45, 2.75) is 32.7 Å². The van der Waals surface area contributed by atoms with Gasteiger partial charge in [-0.05, 0) is 30.7 Å². The average molecular weight is 234 g/mol. The van der Waals surface area contributed by atoms with E-state index in [1.165, 1.54) is 11.3 Å². The number of hydrogen-bond acceptors (Lipinski definition) is 2. The highest BCUT2D eigenvalue weighted by molar-refractivity contribution is 7.80. The third-order valence-corrected chi connectivity index (χ3v) is 3.06. The van der Waals surface area contributed by atoms with Gasteiger partial charge in [0.1, 0.15) is 5.82 Å². The molecule has 0 aliphatic rings. The predicted molar refractivity (Wildman–Crippen MR) is 72.2 cm³/mol. The first-order chi connectivity index (χ1) is 7.86. The lowest BCUT2D eigenvalue weighted by atomic mass is 10.3. The Hall–Kier alpha value is -0.960. The molecule has 0 N–H and O–H groups in total. The number of rotatable bonds is 5. The van der Waals surface area contributed by atoms with Gasteiger partial charge in [0.25, 0.3) is 0 Å². The molecule has 0 fully saturated rings. The molecular formula is C13H18N2S. The summed E-state index contributed by atoms with van der Waals surface area (Å²) in [7, 11) is 0. The standard InChI is InChI=1S/C13H18N2S/c1-2-6-13-14-11-7-3-4-8-12(11)15(13)9-5-10-16/h3-4,7-8,16H,2,5-6,9-10H2,1H3. The van der Waals surface area contributed by atoms with Gasteiger partial charge in [-0.2, -0.15) is 12.6 Å². The Balaban J connectivity index is 2.42. The number of nitrogens with zero attached hydrogens (tertiary/aromatic N) is 2. The summed E-state index contributed by atoms with van der Waals surface area (Å²) in [5, 5.41) is 0. The molecule has 1 aromatic carbocycles. The lowest BCUT2D eigenvalue weighted by Gasteiger charge is -2.07. The maximum atomic E-state index is 4.69. The van der Waals surface area contributed by atoms with Crippen LogP contribution in [0.3, 0.4) is 0 Å². The number of fused-ring (bicyclic) bond motifs is 1. The lowest BCUT2D eigenvalue weighted by Crippen LogP contribution is -2.04. The number of para-hydroxylation sites is 2. The van der Waals surface area contributed by atoms with Gasteiger partial charge in [0.2, 0.25) is 0 Å². The number of hydrogen-bond donors (Lipinski definition) is 1. The summed E-state index contributed by atoms with van der Waals surface area (Å²) in [6.07, 6.45) is 3.30. The van der Waals surface area contributed by atoms with E-state index in [1.54, 1.807) is 0 Å². The zero-order chi connectivity index (χ0) is 11.4. The summed E-state index contributed by atoms with van der Waals surface area (Å²) in [5.74, 6) is 2.14. The van der Waals surface area contributed by atoms with Crippen LogP contribution in [0.25, 0.3) is 11.0 Å². The molecule has 0 aliphatic heterocycles. The maximum absolute atomic E-state index is 4.69. The Morgan fingerprint density at radius 3 is 2.88 bits per heavy atom. The smallest absolute Gasteiger partial charge is 0.109 e. The number of thiol groups is 1. The number of benzene rings is 1. The average Bonchev–Trinajstić information content (AvgIpc) is 2.65. The van der Waals surface area contributed by atoms with Crippen molar-refractivity contribution in [1.82, 2.24) is 9.55 Å². The summed E-state index contributed by atoms with van der Waals surface area (Å²) in [6.45, 7) is 3.22. The molecule has 2 aromatic rings. The van der Waals surface area contributed by atoms with E-state index >= 15 is 0 Å². The van der Waals surface area contributed by atoms with Crippen molar-refractivity contribution in [2.75, 3.05) is 5.75 Å². The third-order valence-electron chi connectivity index (χ3n) is 2.75. The maximum Gasteiger partial charge on any atom is 0.109 e. The molecule has 3 heteroatoms. The van der Waals surface area contributed by atoms with E-state index in [9.17, 15) is 0 Å². The van der Waals surface area contributed by atoms with Crippen molar-refractivity contribution in [1.29, 1.82) is 0 Å². The fraction of sp³-hybridized carbons (Fsp3) is 0.462. The molecule has 0 atom stereocenters. The molecule has 16 heavy (non-hydrogen) atoms. The Labute approximate surface area is 102 Å². The fourth-order valence-electron chi connectivity index (χ4n) is 2.02. The van der Waals surface area contributed by atoms with Gasteiger partial charge in [0.05, 0.1) is 11.0 Å². The number of imidazole rings is 1. The molecule has 0 bridgehead atoms. The molecule has 0 unspecified atom stereocenters. The van der Waals surface area contributed by atoms with Crippen molar-refractivity contribution >= 4 is 23.7 Å². The monoisotopic (exact) mass is 234 g/mol. The van der Waals surface area contributed by atoms with Gasteiger partial charge in [-0.15, -0.1) is 0 Å². The topological polar surface area (TPSA) is 17.8 Å². The molecule has 0 aliphatic carbocycles. The van der Waals surface area contributed by atoms with E-state index in [1.807, 2.05) is 6.07 Å². The second-order valence-electron chi connectivity index (χ2n) is 4.00. The molecule has 86 valence electrons. The zero-order valence-corrected chi connectivity index (χ0v) is 10.6. The van der Waals surface area contributed by atoms with Crippen molar-refractivity contribution < 1.29 is 0 Å². The number of aryl methyl sites for hydroxylation is 2. The fourth-order valence-corrected chi connectivity index (χ4v) is 2.16. The summed E-state index contributed by atoms with van der Waals surface area (Å²) < 4.78 is 2.34. The van der Waals surface area contributed by atoms with Crippen molar-refractivity contribution in [3.8, 4) is 0 Å². The quantitative estimate of drug-likeness (QED) is 0.786. The second kappa shape index (κ2) is 5.39. The summed E-state index contributed by atoms with van der Waals surface area (Å²) in [5.41, 5.74) is 2.37.